The summed E-state index contributed by atoms with van der Waals surface area (Å²) in [6.45, 7) is 1.92. The Morgan fingerprint density at radius 3 is 2.23 bits per heavy atom. The summed E-state index contributed by atoms with van der Waals surface area (Å²) >= 11 is 0. The van der Waals surface area contributed by atoms with Crippen molar-refractivity contribution >= 4 is 11.6 Å². The quantitative estimate of drug-likeness (QED) is 0.697. The molecule has 3 rings (SSSR count). The molecule has 0 saturated carbocycles. The van der Waals surface area contributed by atoms with Crippen LogP contribution in [0.15, 0.2) is 66.7 Å². The van der Waals surface area contributed by atoms with Crippen LogP contribution in [-0.4, -0.2) is 18.1 Å². The number of rotatable bonds is 5. The van der Waals surface area contributed by atoms with E-state index in [-0.39, 0.29) is 11.7 Å². The number of methoxy groups -OCH3 is 1. The number of aromatic hydroxyl groups is 1. The highest BCUT2D eigenvalue weighted by atomic mass is 16.5. The maximum atomic E-state index is 12.4. The lowest BCUT2D eigenvalue weighted by molar-refractivity contribution is 0.102. The molecule has 1 amide bonds. The first-order chi connectivity index (χ1) is 12.5. The van der Waals surface area contributed by atoms with Crippen LogP contribution < -0.4 is 14.8 Å². The van der Waals surface area contributed by atoms with Gasteiger partial charge in [0, 0.05) is 17.3 Å². The second-order valence-electron chi connectivity index (χ2n) is 5.76. The number of nitrogens with one attached hydrogen (secondary N) is 1. The number of amides is 1. The van der Waals surface area contributed by atoms with Gasteiger partial charge < -0.3 is 19.9 Å². The molecule has 0 aliphatic heterocycles. The zero-order valence-corrected chi connectivity index (χ0v) is 14.5. The molecule has 0 aliphatic rings. The Morgan fingerprint density at radius 1 is 0.923 bits per heavy atom. The number of hydrogen-bond donors (Lipinski definition) is 2. The normalized spacial score (nSPS) is 10.2. The van der Waals surface area contributed by atoms with Gasteiger partial charge in [0.1, 0.15) is 23.0 Å². The zero-order chi connectivity index (χ0) is 18.5. The van der Waals surface area contributed by atoms with Gasteiger partial charge in [0.2, 0.25) is 0 Å². The van der Waals surface area contributed by atoms with Crippen LogP contribution in [-0.2, 0) is 0 Å². The third-order valence-electron chi connectivity index (χ3n) is 3.86. The van der Waals surface area contributed by atoms with E-state index in [0.717, 1.165) is 5.56 Å². The summed E-state index contributed by atoms with van der Waals surface area (Å²) in [4.78, 5) is 12.4. The lowest BCUT2D eigenvalue weighted by Gasteiger charge is -2.12. The third-order valence-corrected chi connectivity index (χ3v) is 3.86. The lowest BCUT2D eigenvalue weighted by atomic mass is 10.1. The summed E-state index contributed by atoms with van der Waals surface area (Å²) in [6.07, 6.45) is 0. The SMILES string of the molecule is COc1ccc(C(=O)Nc2ccc(C)c(Oc3ccc(O)cc3)c2)cc1. The van der Waals surface area contributed by atoms with E-state index in [2.05, 4.69) is 5.32 Å². The Kier molecular flexibility index (Phi) is 5.08. The molecule has 5 nitrogen and oxygen atoms in total. The summed E-state index contributed by atoms with van der Waals surface area (Å²) in [5, 5.41) is 12.2. The average molecular weight is 349 g/mol. The molecule has 0 aliphatic carbocycles. The number of phenolic OH excluding ortho intramolecular Hbond substituents is 1. The molecular formula is C21H19NO4. The van der Waals surface area contributed by atoms with E-state index in [0.29, 0.717) is 28.5 Å². The molecule has 0 saturated heterocycles. The van der Waals surface area contributed by atoms with Crippen LogP contribution in [0.1, 0.15) is 15.9 Å². The van der Waals surface area contributed by atoms with Gasteiger partial charge in [-0.15, -0.1) is 0 Å². The van der Waals surface area contributed by atoms with Gasteiger partial charge in [-0.1, -0.05) is 6.07 Å². The fourth-order valence-corrected chi connectivity index (χ4v) is 2.37. The van der Waals surface area contributed by atoms with Crippen molar-refractivity contribution in [3.8, 4) is 23.0 Å². The maximum Gasteiger partial charge on any atom is 0.255 e. The maximum absolute atomic E-state index is 12.4. The van der Waals surface area contributed by atoms with Gasteiger partial charge >= 0.3 is 0 Å². The van der Waals surface area contributed by atoms with E-state index in [1.807, 2.05) is 19.1 Å². The molecule has 5 heteroatoms. The van der Waals surface area contributed by atoms with Crippen LogP contribution >= 0.6 is 0 Å². The molecule has 2 N–H and O–H groups in total. The molecule has 0 radical (unpaired) electrons. The predicted molar refractivity (Wildman–Crippen MR) is 100 cm³/mol. The van der Waals surface area contributed by atoms with Gasteiger partial charge in [-0.05, 0) is 67.1 Å². The fourth-order valence-electron chi connectivity index (χ4n) is 2.37. The molecule has 0 atom stereocenters. The average Bonchev–Trinajstić information content (AvgIpc) is 2.66. The molecule has 3 aromatic rings. The fraction of sp³-hybridized carbons (Fsp3) is 0.0952. The first kappa shape index (κ1) is 17.4. The van der Waals surface area contributed by atoms with E-state index >= 15 is 0 Å². The van der Waals surface area contributed by atoms with Crippen molar-refractivity contribution in [1.82, 2.24) is 0 Å². The third kappa shape index (κ3) is 4.13. The summed E-state index contributed by atoms with van der Waals surface area (Å²) in [5.74, 6) is 1.89. The minimum atomic E-state index is -0.216. The van der Waals surface area contributed by atoms with Crippen LogP contribution in [0.2, 0.25) is 0 Å². The Morgan fingerprint density at radius 2 is 1.58 bits per heavy atom. The summed E-state index contributed by atoms with van der Waals surface area (Å²) in [6, 6.07) is 18.8. The number of benzene rings is 3. The molecule has 0 spiro atoms. The number of aryl methyl sites for hydroxylation is 1. The minimum Gasteiger partial charge on any atom is -0.508 e. The van der Waals surface area contributed by atoms with E-state index in [4.69, 9.17) is 9.47 Å². The van der Waals surface area contributed by atoms with Crippen molar-refractivity contribution in [2.24, 2.45) is 0 Å². The van der Waals surface area contributed by atoms with Crippen LogP contribution in [0, 0.1) is 6.92 Å². The Bertz CT molecular complexity index is 902. The standard InChI is InChI=1S/C21H19NO4/c1-14-3-6-16(13-20(14)26-19-11-7-17(23)8-12-19)22-21(24)15-4-9-18(25-2)10-5-15/h3-13,23H,1-2H3,(H,22,24). The number of ether oxygens (including phenoxy) is 2. The molecule has 0 fully saturated rings. The van der Waals surface area contributed by atoms with Crippen molar-refractivity contribution in [1.29, 1.82) is 0 Å². The second kappa shape index (κ2) is 7.61. The van der Waals surface area contributed by atoms with Gasteiger partial charge in [0.05, 0.1) is 7.11 Å². The molecule has 3 aromatic carbocycles. The monoisotopic (exact) mass is 349 g/mol. The highest BCUT2D eigenvalue weighted by Crippen LogP contribution is 2.29. The first-order valence-electron chi connectivity index (χ1n) is 8.08. The van der Waals surface area contributed by atoms with Gasteiger partial charge in [-0.3, -0.25) is 4.79 Å². The van der Waals surface area contributed by atoms with Crippen LogP contribution in [0.4, 0.5) is 5.69 Å². The van der Waals surface area contributed by atoms with Gasteiger partial charge in [-0.25, -0.2) is 0 Å². The van der Waals surface area contributed by atoms with E-state index in [9.17, 15) is 9.90 Å². The summed E-state index contributed by atoms with van der Waals surface area (Å²) in [5.41, 5.74) is 2.10. The molecule has 132 valence electrons. The Hall–Kier alpha value is -3.47. The van der Waals surface area contributed by atoms with Gasteiger partial charge in [0.15, 0.2) is 0 Å². The number of hydrogen-bond acceptors (Lipinski definition) is 4. The van der Waals surface area contributed by atoms with Crippen LogP contribution in [0.3, 0.4) is 0 Å². The van der Waals surface area contributed by atoms with Crippen molar-refractivity contribution in [3.63, 3.8) is 0 Å². The predicted octanol–water partition coefficient (Wildman–Crippen LogP) is 4.75. The lowest BCUT2D eigenvalue weighted by Crippen LogP contribution is -2.11. The van der Waals surface area contributed by atoms with E-state index < -0.39 is 0 Å². The molecule has 0 aromatic heterocycles. The van der Waals surface area contributed by atoms with Crippen LogP contribution in [0.5, 0.6) is 23.0 Å². The van der Waals surface area contributed by atoms with Crippen LogP contribution in [0.25, 0.3) is 0 Å². The zero-order valence-electron chi connectivity index (χ0n) is 14.5. The largest absolute Gasteiger partial charge is 0.508 e. The minimum absolute atomic E-state index is 0.176. The van der Waals surface area contributed by atoms with Crippen molar-refractivity contribution in [2.45, 2.75) is 6.92 Å². The number of carbonyl (C=O) groups is 1. The van der Waals surface area contributed by atoms with Gasteiger partial charge in [-0.2, -0.15) is 0 Å². The second-order valence-corrected chi connectivity index (χ2v) is 5.76. The van der Waals surface area contributed by atoms with E-state index in [1.165, 1.54) is 0 Å². The first-order valence-corrected chi connectivity index (χ1v) is 8.08. The molecular weight excluding hydrogens is 330 g/mol. The van der Waals surface area contributed by atoms with Crippen molar-refractivity contribution in [3.05, 3.63) is 77.9 Å². The molecule has 0 heterocycles. The molecule has 0 unspecified atom stereocenters. The number of carbonyl (C=O) groups excluding carboxylic acids is 1. The van der Waals surface area contributed by atoms with Crippen molar-refractivity contribution in [2.75, 3.05) is 12.4 Å². The number of anilines is 1. The van der Waals surface area contributed by atoms with Gasteiger partial charge in [0.25, 0.3) is 5.91 Å². The number of phenols is 1. The van der Waals surface area contributed by atoms with E-state index in [1.54, 1.807) is 61.7 Å². The highest BCUT2D eigenvalue weighted by Gasteiger charge is 2.09. The Labute approximate surface area is 151 Å². The summed E-state index contributed by atoms with van der Waals surface area (Å²) in [7, 11) is 1.58. The smallest absolute Gasteiger partial charge is 0.255 e. The topological polar surface area (TPSA) is 67.8 Å². The highest BCUT2D eigenvalue weighted by molar-refractivity contribution is 6.04. The molecule has 0 bridgehead atoms. The Balaban J connectivity index is 1.75. The molecule has 26 heavy (non-hydrogen) atoms. The van der Waals surface area contributed by atoms with Crippen molar-refractivity contribution < 1.29 is 19.4 Å². The summed E-state index contributed by atoms with van der Waals surface area (Å²) < 4.78 is 10.9.